The van der Waals surface area contributed by atoms with Crippen molar-refractivity contribution in [3.63, 3.8) is 0 Å². The number of aliphatic hydroxyl groups excluding tert-OH is 1. The summed E-state index contributed by atoms with van der Waals surface area (Å²) in [6.07, 6.45) is -1.29. The Morgan fingerprint density at radius 2 is 1.77 bits per heavy atom. The summed E-state index contributed by atoms with van der Waals surface area (Å²) in [6.45, 7) is 11.4. The van der Waals surface area contributed by atoms with Gasteiger partial charge < -0.3 is 15.3 Å². The largest absolute Gasteiger partial charge is 0.376 e. The predicted octanol–water partition coefficient (Wildman–Crippen LogP) is 2.90. The molecule has 2 fully saturated rings. The molecule has 6 heterocycles. The summed E-state index contributed by atoms with van der Waals surface area (Å²) < 4.78 is 1.95. The van der Waals surface area contributed by atoms with Crippen LogP contribution in [0.3, 0.4) is 0 Å². The number of nitrogens with zero attached hydrogens (tertiary/aromatic N) is 7. The maximum atomic E-state index is 13.9. The minimum Gasteiger partial charge on any atom is -0.376 e. The molecule has 294 valence electrons. The average Bonchev–Trinajstić information content (AvgIpc) is 3.76. The fraction of sp³-hybridized carbons (Fsp3) is 0.333. The van der Waals surface area contributed by atoms with Gasteiger partial charge in [0.2, 0.25) is 17.7 Å². The number of thiophene rings is 1. The number of imide groups is 1. The number of aryl methyl sites for hydroxylation is 2. The number of aliphatic imine (C=N–C) groups is 1. The Bertz CT molecular complexity index is 2400. The van der Waals surface area contributed by atoms with Crippen molar-refractivity contribution in [3.05, 3.63) is 104 Å². The highest BCUT2D eigenvalue weighted by atomic mass is 35.5. The molecule has 2 aromatic heterocycles. The topological polar surface area (TPSA) is 194 Å². The molecule has 4 aliphatic rings. The summed E-state index contributed by atoms with van der Waals surface area (Å²) in [6, 6.07) is 10.4. The van der Waals surface area contributed by atoms with Gasteiger partial charge in [-0.15, -0.1) is 21.5 Å². The Morgan fingerprint density at radius 3 is 2.49 bits per heavy atom. The number of anilines is 1. The second-order valence-corrected chi connectivity index (χ2v) is 15.9. The van der Waals surface area contributed by atoms with Crippen LogP contribution in [0.5, 0.6) is 0 Å². The molecule has 8 rings (SSSR count). The van der Waals surface area contributed by atoms with E-state index in [0.29, 0.717) is 54.2 Å². The molecule has 57 heavy (non-hydrogen) atoms. The van der Waals surface area contributed by atoms with Crippen LogP contribution < -0.4 is 16.1 Å². The van der Waals surface area contributed by atoms with Crippen molar-refractivity contribution in [2.45, 2.75) is 51.9 Å². The van der Waals surface area contributed by atoms with E-state index in [9.17, 15) is 29.1 Å². The number of carbonyl (C=O) groups excluding carboxylic acids is 5. The van der Waals surface area contributed by atoms with E-state index in [-0.39, 0.29) is 42.0 Å². The van der Waals surface area contributed by atoms with Crippen LogP contribution in [0.2, 0.25) is 5.02 Å². The van der Waals surface area contributed by atoms with Gasteiger partial charge in [-0.1, -0.05) is 36.4 Å². The van der Waals surface area contributed by atoms with Gasteiger partial charge in [0.25, 0.3) is 11.8 Å². The number of piperidine rings is 1. The van der Waals surface area contributed by atoms with Crippen molar-refractivity contribution in [3.8, 4) is 5.00 Å². The molecule has 3 atom stereocenters. The Morgan fingerprint density at radius 1 is 1.04 bits per heavy atom. The van der Waals surface area contributed by atoms with Crippen LogP contribution in [0.15, 0.2) is 59.6 Å². The first-order valence-corrected chi connectivity index (χ1v) is 19.6. The highest BCUT2D eigenvalue weighted by molar-refractivity contribution is 7.15. The number of aromatic nitrogens is 3. The number of carbonyl (C=O) groups is 5. The SMILES string of the molecule is C=C(C(=O)NN1CCN(C(=O)CNc2cccc3c2C(O)N(C2CCC(=O)NC2=O)C3=O)CC1)[C@@H]1N=C(c2ccc(Cl)cc2)c2c(sc(C)c2C)-n2c(C)nnc21. The number of hydrazine groups is 1. The van der Waals surface area contributed by atoms with E-state index >= 15 is 0 Å². The quantitative estimate of drug-likeness (QED) is 0.152. The molecule has 0 bridgehead atoms. The van der Waals surface area contributed by atoms with E-state index in [0.717, 1.165) is 31.5 Å². The Labute approximate surface area is 336 Å². The maximum Gasteiger partial charge on any atom is 0.263 e. The second-order valence-electron chi connectivity index (χ2n) is 14.3. The van der Waals surface area contributed by atoms with E-state index in [4.69, 9.17) is 16.6 Å². The number of piperazine rings is 1. The molecule has 0 spiro atoms. The molecule has 2 aromatic carbocycles. The second kappa shape index (κ2) is 15.0. The van der Waals surface area contributed by atoms with Crippen molar-refractivity contribution in [2.75, 3.05) is 38.0 Å². The zero-order valence-electron chi connectivity index (χ0n) is 31.3. The van der Waals surface area contributed by atoms with Gasteiger partial charge in [0.1, 0.15) is 22.9 Å². The van der Waals surface area contributed by atoms with Crippen molar-refractivity contribution in [2.24, 2.45) is 4.99 Å². The molecule has 16 nitrogen and oxygen atoms in total. The Hall–Kier alpha value is -5.75. The summed E-state index contributed by atoms with van der Waals surface area (Å²) in [5.74, 6) is -1.13. The molecular weight excluding hydrogens is 772 g/mol. The van der Waals surface area contributed by atoms with Crippen molar-refractivity contribution in [1.29, 1.82) is 0 Å². The molecule has 2 unspecified atom stereocenters. The number of hydrogen-bond acceptors (Lipinski definition) is 12. The highest BCUT2D eigenvalue weighted by Gasteiger charge is 2.45. The molecule has 4 aliphatic heterocycles. The predicted molar refractivity (Wildman–Crippen MR) is 211 cm³/mol. The van der Waals surface area contributed by atoms with Crippen LogP contribution >= 0.6 is 22.9 Å². The van der Waals surface area contributed by atoms with Gasteiger partial charge in [0.05, 0.1) is 12.3 Å². The summed E-state index contributed by atoms with van der Waals surface area (Å²) in [4.78, 5) is 73.7. The number of nitrogens with one attached hydrogen (secondary N) is 3. The molecule has 0 saturated carbocycles. The maximum absolute atomic E-state index is 13.9. The molecule has 4 aromatic rings. The average molecular weight is 811 g/mol. The number of rotatable bonds is 8. The first-order chi connectivity index (χ1) is 27.3. The number of amides is 5. The van der Waals surface area contributed by atoms with Crippen LogP contribution in [0.25, 0.3) is 5.00 Å². The van der Waals surface area contributed by atoms with E-state index in [2.05, 4.69) is 46.7 Å². The van der Waals surface area contributed by atoms with Crippen molar-refractivity contribution >= 4 is 63.9 Å². The molecule has 4 N–H and O–H groups in total. The minimum absolute atomic E-state index is 0.0509. The summed E-state index contributed by atoms with van der Waals surface area (Å²) in [7, 11) is 0. The van der Waals surface area contributed by atoms with Gasteiger partial charge in [-0.2, -0.15) is 0 Å². The standard InChI is InChI=1S/C39H39ClN10O6S/c1-19-21(3)57-39-30(19)33(23-8-10-24(40)11-9-23)43-32(34-45-44-22(4)49(34)39)20(2)35(53)46-48-16-14-47(15-17-48)29(52)18-41-26-7-5-6-25-31(26)38(56)50(37(25)55)27-12-13-28(51)42-36(27)54/h5-11,27,32,38,41,56H,2,12-18H2,1,3-4H3,(H,46,53)(H,42,51,54)/t27?,32-,38?/m0/s1. The van der Waals surface area contributed by atoms with Gasteiger partial charge in [0, 0.05) is 76.0 Å². The monoisotopic (exact) mass is 810 g/mol. The Kier molecular flexibility index (Phi) is 10.0. The highest BCUT2D eigenvalue weighted by Crippen LogP contribution is 2.41. The smallest absolute Gasteiger partial charge is 0.263 e. The van der Waals surface area contributed by atoms with Gasteiger partial charge in [-0.25, -0.2) is 5.01 Å². The fourth-order valence-corrected chi connectivity index (χ4v) is 9.03. The van der Waals surface area contributed by atoms with Gasteiger partial charge in [-0.3, -0.25) is 49.2 Å². The normalized spacial score (nSPS) is 20.6. The number of halogens is 1. The zero-order chi connectivity index (χ0) is 40.3. The third-order valence-electron chi connectivity index (χ3n) is 10.9. The van der Waals surface area contributed by atoms with E-state index in [1.807, 2.05) is 23.6 Å². The number of hydrogen-bond donors (Lipinski definition) is 4. The van der Waals surface area contributed by atoms with Crippen molar-refractivity contribution in [1.82, 2.24) is 40.3 Å². The van der Waals surface area contributed by atoms with E-state index in [1.165, 1.54) is 0 Å². The lowest BCUT2D eigenvalue weighted by Gasteiger charge is -2.35. The molecule has 0 radical (unpaired) electrons. The fourth-order valence-electron chi connectivity index (χ4n) is 7.69. The lowest BCUT2D eigenvalue weighted by Crippen LogP contribution is -2.55. The third-order valence-corrected chi connectivity index (χ3v) is 12.3. The Balaban J connectivity index is 0.921. The van der Waals surface area contributed by atoms with Crippen LogP contribution in [0, 0.1) is 20.8 Å². The number of fused-ring (bicyclic) bond motifs is 4. The van der Waals surface area contributed by atoms with E-state index in [1.54, 1.807) is 51.6 Å². The molecule has 18 heteroatoms. The van der Waals surface area contributed by atoms with Gasteiger partial charge >= 0.3 is 0 Å². The van der Waals surface area contributed by atoms with Crippen LogP contribution in [-0.2, 0) is 19.2 Å². The first kappa shape index (κ1) is 38.1. The lowest BCUT2D eigenvalue weighted by molar-refractivity contribution is -0.139. The number of benzene rings is 2. The van der Waals surface area contributed by atoms with Crippen LogP contribution in [0.1, 0.15) is 74.2 Å². The van der Waals surface area contributed by atoms with Crippen LogP contribution in [0.4, 0.5) is 5.69 Å². The summed E-state index contributed by atoms with van der Waals surface area (Å²) in [5, 5.41) is 28.6. The first-order valence-electron chi connectivity index (χ1n) is 18.4. The summed E-state index contributed by atoms with van der Waals surface area (Å²) in [5.41, 5.74) is 7.52. The molecular formula is C39H39ClN10O6S. The lowest BCUT2D eigenvalue weighted by atomic mass is 9.99. The van der Waals surface area contributed by atoms with Crippen molar-refractivity contribution < 1.29 is 29.1 Å². The number of aliphatic hydroxyl groups is 1. The molecule has 2 saturated heterocycles. The zero-order valence-corrected chi connectivity index (χ0v) is 32.9. The molecule has 5 amide bonds. The summed E-state index contributed by atoms with van der Waals surface area (Å²) >= 11 is 7.85. The van der Waals surface area contributed by atoms with Gasteiger partial charge in [0.15, 0.2) is 12.1 Å². The third kappa shape index (κ3) is 6.79. The minimum atomic E-state index is -1.44. The van der Waals surface area contributed by atoms with Gasteiger partial charge in [-0.05, 0) is 57.0 Å². The molecule has 0 aliphatic carbocycles. The van der Waals surface area contributed by atoms with E-state index < -0.39 is 41.9 Å². The van der Waals surface area contributed by atoms with Crippen LogP contribution in [-0.4, -0.2) is 109 Å².